The summed E-state index contributed by atoms with van der Waals surface area (Å²) in [6.45, 7) is 8.95. The van der Waals surface area contributed by atoms with E-state index < -0.39 is 0 Å². The Balaban J connectivity index is 1.22. The maximum atomic E-state index is 12.2. The summed E-state index contributed by atoms with van der Waals surface area (Å²) < 4.78 is 5.62. The number of nitrogens with one attached hydrogen (secondary N) is 3. The highest BCUT2D eigenvalue weighted by Crippen LogP contribution is 2.19. The molecular formula is C25H32N4O2. The van der Waals surface area contributed by atoms with E-state index in [4.69, 9.17) is 4.74 Å². The second-order valence-corrected chi connectivity index (χ2v) is 8.46. The molecule has 164 valence electrons. The number of carbonyl (C=O) groups is 1. The van der Waals surface area contributed by atoms with Crippen LogP contribution in [-0.4, -0.2) is 48.3 Å². The van der Waals surface area contributed by atoms with Gasteiger partial charge in [0.2, 0.25) is 0 Å². The van der Waals surface area contributed by atoms with Crippen LogP contribution in [0.1, 0.15) is 29.2 Å². The van der Waals surface area contributed by atoms with Crippen molar-refractivity contribution >= 4 is 16.9 Å². The van der Waals surface area contributed by atoms with E-state index in [2.05, 4.69) is 76.8 Å². The first-order chi connectivity index (χ1) is 15.1. The van der Waals surface area contributed by atoms with Crippen molar-refractivity contribution in [1.29, 1.82) is 0 Å². The van der Waals surface area contributed by atoms with Gasteiger partial charge in [-0.05, 0) is 48.6 Å². The number of carbonyl (C=O) groups excluding carboxylic acids is 1. The molecule has 0 bridgehead atoms. The zero-order valence-corrected chi connectivity index (χ0v) is 18.4. The lowest BCUT2D eigenvalue weighted by molar-refractivity contribution is -0.0212. The average Bonchev–Trinajstić information content (AvgIpc) is 3.14. The Kier molecular flexibility index (Phi) is 6.89. The van der Waals surface area contributed by atoms with E-state index >= 15 is 0 Å². The molecule has 1 aliphatic heterocycles. The molecular weight excluding hydrogens is 388 g/mol. The first-order valence-electron chi connectivity index (χ1n) is 11.1. The minimum absolute atomic E-state index is 0.136. The number of aryl methyl sites for hydroxylation is 1. The lowest BCUT2D eigenvalue weighted by atomic mass is 10.1. The van der Waals surface area contributed by atoms with Gasteiger partial charge in [-0.3, -0.25) is 4.90 Å². The van der Waals surface area contributed by atoms with Gasteiger partial charge < -0.3 is 20.4 Å². The predicted octanol–water partition coefficient (Wildman–Crippen LogP) is 3.74. The van der Waals surface area contributed by atoms with E-state index in [0.29, 0.717) is 13.1 Å². The molecule has 6 nitrogen and oxygen atoms in total. The third-order valence-electron chi connectivity index (χ3n) is 5.78. The van der Waals surface area contributed by atoms with Crippen molar-refractivity contribution in [3.05, 3.63) is 70.9 Å². The van der Waals surface area contributed by atoms with Crippen LogP contribution in [-0.2, 0) is 24.2 Å². The fourth-order valence-electron chi connectivity index (χ4n) is 4.19. The van der Waals surface area contributed by atoms with E-state index in [1.807, 2.05) is 6.20 Å². The Labute approximate surface area is 184 Å². The van der Waals surface area contributed by atoms with Crippen molar-refractivity contribution in [3.8, 4) is 0 Å². The fraction of sp³-hybridized carbons (Fsp3) is 0.400. The second-order valence-electron chi connectivity index (χ2n) is 8.46. The number of benzene rings is 2. The van der Waals surface area contributed by atoms with Crippen molar-refractivity contribution in [2.24, 2.45) is 0 Å². The molecule has 2 heterocycles. The number of amides is 2. The lowest BCUT2D eigenvalue weighted by Gasteiger charge is -2.31. The Morgan fingerprint density at radius 3 is 2.94 bits per heavy atom. The number of H-pyrrole nitrogens is 1. The zero-order chi connectivity index (χ0) is 21.6. The van der Waals surface area contributed by atoms with Gasteiger partial charge in [0.05, 0.1) is 12.7 Å². The van der Waals surface area contributed by atoms with Gasteiger partial charge in [0.25, 0.3) is 0 Å². The molecule has 3 N–H and O–H groups in total. The normalized spacial score (nSPS) is 17.0. The van der Waals surface area contributed by atoms with Gasteiger partial charge in [-0.2, -0.15) is 0 Å². The van der Waals surface area contributed by atoms with Crippen molar-refractivity contribution in [2.75, 3.05) is 26.2 Å². The van der Waals surface area contributed by atoms with E-state index in [9.17, 15) is 4.79 Å². The summed E-state index contributed by atoms with van der Waals surface area (Å²) in [4.78, 5) is 18.0. The summed E-state index contributed by atoms with van der Waals surface area (Å²) in [6, 6.07) is 14.7. The molecule has 1 unspecified atom stereocenters. The number of hydrogen-bond acceptors (Lipinski definition) is 3. The molecule has 0 radical (unpaired) electrons. The summed E-state index contributed by atoms with van der Waals surface area (Å²) in [5.41, 5.74) is 5.98. The number of morpholine rings is 1. The molecule has 2 aromatic carbocycles. The second kappa shape index (κ2) is 9.98. The molecule has 1 fully saturated rings. The molecule has 4 rings (SSSR count). The smallest absolute Gasteiger partial charge is 0.315 e. The lowest BCUT2D eigenvalue weighted by Crippen LogP contribution is -2.40. The molecule has 0 saturated carbocycles. The van der Waals surface area contributed by atoms with Crippen LogP contribution in [0.4, 0.5) is 4.79 Å². The summed E-state index contributed by atoms with van der Waals surface area (Å²) in [7, 11) is 0. The van der Waals surface area contributed by atoms with Crippen molar-refractivity contribution in [2.45, 2.75) is 39.5 Å². The summed E-state index contributed by atoms with van der Waals surface area (Å²) in [5, 5.41) is 7.16. The van der Waals surface area contributed by atoms with Crippen molar-refractivity contribution < 1.29 is 9.53 Å². The van der Waals surface area contributed by atoms with Crippen LogP contribution in [0, 0.1) is 6.92 Å². The van der Waals surface area contributed by atoms with E-state index in [0.717, 1.165) is 43.7 Å². The van der Waals surface area contributed by atoms with Gasteiger partial charge in [-0.15, -0.1) is 0 Å². The highest BCUT2D eigenvalue weighted by Gasteiger charge is 2.16. The third-order valence-corrected chi connectivity index (χ3v) is 5.78. The quantitative estimate of drug-likeness (QED) is 0.545. The Morgan fingerprint density at radius 2 is 2.06 bits per heavy atom. The van der Waals surface area contributed by atoms with Crippen LogP contribution in [0.3, 0.4) is 0 Å². The first kappa shape index (κ1) is 21.4. The summed E-state index contributed by atoms with van der Waals surface area (Å²) >= 11 is 0. The predicted molar refractivity (Wildman–Crippen MR) is 124 cm³/mol. The van der Waals surface area contributed by atoms with E-state index in [1.165, 1.54) is 22.1 Å². The largest absolute Gasteiger partial charge is 0.376 e. The number of aromatic nitrogens is 1. The van der Waals surface area contributed by atoms with Gasteiger partial charge >= 0.3 is 6.03 Å². The van der Waals surface area contributed by atoms with Crippen LogP contribution < -0.4 is 10.6 Å². The molecule has 0 spiro atoms. The molecule has 2 amide bonds. The van der Waals surface area contributed by atoms with Gasteiger partial charge in [-0.1, -0.05) is 36.4 Å². The highest BCUT2D eigenvalue weighted by molar-refractivity contribution is 5.83. The number of urea groups is 1. The third kappa shape index (κ3) is 5.87. The van der Waals surface area contributed by atoms with Crippen LogP contribution >= 0.6 is 0 Å². The monoisotopic (exact) mass is 420 g/mol. The number of ether oxygens (including phenoxy) is 1. The Morgan fingerprint density at radius 1 is 1.19 bits per heavy atom. The zero-order valence-electron chi connectivity index (χ0n) is 18.4. The van der Waals surface area contributed by atoms with Gasteiger partial charge in [-0.25, -0.2) is 4.79 Å². The van der Waals surface area contributed by atoms with Crippen LogP contribution in [0.15, 0.2) is 48.7 Å². The molecule has 1 aliphatic rings. The van der Waals surface area contributed by atoms with E-state index in [-0.39, 0.29) is 12.1 Å². The Bertz CT molecular complexity index is 1030. The van der Waals surface area contributed by atoms with Crippen LogP contribution in [0.2, 0.25) is 0 Å². The van der Waals surface area contributed by atoms with Crippen LogP contribution in [0.5, 0.6) is 0 Å². The fourth-order valence-corrected chi connectivity index (χ4v) is 4.19. The van der Waals surface area contributed by atoms with Crippen molar-refractivity contribution in [1.82, 2.24) is 20.5 Å². The maximum absolute atomic E-state index is 12.2. The molecule has 31 heavy (non-hydrogen) atoms. The first-order valence-corrected chi connectivity index (χ1v) is 11.1. The minimum Gasteiger partial charge on any atom is -0.376 e. The number of rotatable bonds is 7. The maximum Gasteiger partial charge on any atom is 0.315 e. The van der Waals surface area contributed by atoms with E-state index in [1.54, 1.807) is 0 Å². The molecule has 1 saturated heterocycles. The summed E-state index contributed by atoms with van der Waals surface area (Å²) in [5.74, 6) is 0. The number of fused-ring (bicyclic) bond motifs is 1. The number of aromatic amines is 1. The standard InChI is InChI=1S/C25H32N4O2/c1-18-6-7-23-22(15-27-24(23)12-18)8-9-26-25(30)28-14-20-4-3-5-21(13-20)17-29-10-11-31-19(2)16-29/h3-7,12-13,15,19,27H,8-11,14,16-17H2,1-2H3,(H2,26,28,30). The van der Waals surface area contributed by atoms with Gasteiger partial charge in [0.1, 0.15) is 0 Å². The highest BCUT2D eigenvalue weighted by atomic mass is 16.5. The Hall–Kier alpha value is -2.83. The topological polar surface area (TPSA) is 69.4 Å². The summed E-state index contributed by atoms with van der Waals surface area (Å²) in [6.07, 6.45) is 3.12. The van der Waals surface area contributed by atoms with Gasteiger partial charge in [0.15, 0.2) is 0 Å². The molecule has 0 aliphatic carbocycles. The number of nitrogens with zero attached hydrogens (tertiary/aromatic N) is 1. The van der Waals surface area contributed by atoms with Gasteiger partial charge in [0, 0.05) is 49.8 Å². The minimum atomic E-state index is -0.136. The van der Waals surface area contributed by atoms with Crippen LogP contribution in [0.25, 0.3) is 10.9 Å². The molecule has 1 aromatic heterocycles. The van der Waals surface area contributed by atoms with Crippen molar-refractivity contribution in [3.63, 3.8) is 0 Å². The number of hydrogen-bond donors (Lipinski definition) is 3. The molecule has 3 aromatic rings. The molecule has 1 atom stereocenters. The average molecular weight is 421 g/mol. The molecule has 6 heteroatoms. The SMILES string of the molecule is Cc1ccc2c(CCNC(=O)NCc3cccc(CN4CCOC(C)C4)c3)c[nH]c2c1.